The summed E-state index contributed by atoms with van der Waals surface area (Å²) in [5.41, 5.74) is 1.81. The highest BCUT2D eigenvalue weighted by atomic mass is 16.2. The summed E-state index contributed by atoms with van der Waals surface area (Å²) in [4.78, 5) is 38.0. The minimum Gasteiger partial charge on any atom is -0.348 e. The van der Waals surface area contributed by atoms with E-state index >= 15 is 0 Å². The zero-order chi connectivity index (χ0) is 19.8. The van der Waals surface area contributed by atoms with Crippen LogP contribution in [0.1, 0.15) is 36.4 Å². The Hall–Kier alpha value is -3.15. The maximum absolute atomic E-state index is 12.4. The van der Waals surface area contributed by atoms with E-state index in [0.29, 0.717) is 25.9 Å². The summed E-state index contributed by atoms with van der Waals surface area (Å²) >= 11 is 0. The highest BCUT2D eigenvalue weighted by Crippen LogP contribution is 2.21. The molecule has 6 heteroatoms. The van der Waals surface area contributed by atoms with Crippen molar-refractivity contribution in [3.63, 3.8) is 0 Å². The van der Waals surface area contributed by atoms with Gasteiger partial charge in [-0.2, -0.15) is 0 Å². The summed E-state index contributed by atoms with van der Waals surface area (Å²) in [5, 5.41) is 5.46. The molecule has 6 nitrogen and oxygen atoms in total. The molecule has 0 radical (unpaired) electrons. The number of benzene rings is 2. The Morgan fingerprint density at radius 1 is 0.929 bits per heavy atom. The van der Waals surface area contributed by atoms with Gasteiger partial charge in [0.05, 0.1) is 6.04 Å². The molecule has 0 spiro atoms. The van der Waals surface area contributed by atoms with E-state index in [0.717, 1.165) is 24.1 Å². The molecule has 28 heavy (non-hydrogen) atoms. The van der Waals surface area contributed by atoms with E-state index in [2.05, 4.69) is 10.6 Å². The number of carbonyl (C=O) groups is 3. The van der Waals surface area contributed by atoms with Crippen LogP contribution in [-0.2, 0) is 14.4 Å². The van der Waals surface area contributed by atoms with E-state index in [1.165, 1.54) is 0 Å². The molecule has 3 rings (SSSR count). The second kappa shape index (κ2) is 9.69. The van der Waals surface area contributed by atoms with Crippen molar-refractivity contribution in [2.75, 3.05) is 19.6 Å². The summed E-state index contributed by atoms with van der Waals surface area (Å²) in [6, 6.07) is 18.7. The number of amides is 3. The Morgan fingerprint density at radius 2 is 1.54 bits per heavy atom. The van der Waals surface area contributed by atoms with Gasteiger partial charge >= 0.3 is 11.8 Å². The molecular weight excluding hydrogens is 354 g/mol. The molecule has 0 aromatic heterocycles. The van der Waals surface area contributed by atoms with Gasteiger partial charge in [0.25, 0.3) is 0 Å². The number of nitrogens with one attached hydrogen (secondary N) is 2. The fraction of sp³-hybridized carbons (Fsp3) is 0.318. The monoisotopic (exact) mass is 379 g/mol. The first-order valence-corrected chi connectivity index (χ1v) is 9.61. The summed E-state index contributed by atoms with van der Waals surface area (Å²) < 4.78 is 0. The summed E-state index contributed by atoms with van der Waals surface area (Å²) in [7, 11) is 0. The molecule has 0 bridgehead atoms. The van der Waals surface area contributed by atoms with Crippen LogP contribution in [0.5, 0.6) is 0 Å². The smallest absolute Gasteiger partial charge is 0.310 e. The van der Waals surface area contributed by atoms with Crippen LogP contribution < -0.4 is 10.6 Å². The molecular formula is C22H25N3O3. The van der Waals surface area contributed by atoms with Crippen molar-refractivity contribution in [2.24, 2.45) is 0 Å². The molecule has 0 saturated carbocycles. The summed E-state index contributed by atoms with van der Waals surface area (Å²) in [6.07, 6.45) is 2.13. The van der Waals surface area contributed by atoms with Crippen LogP contribution in [0.2, 0.25) is 0 Å². The molecule has 1 aliphatic heterocycles. The number of likely N-dealkylation sites (tertiary alicyclic amines) is 1. The van der Waals surface area contributed by atoms with E-state index in [4.69, 9.17) is 0 Å². The maximum atomic E-state index is 12.4. The summed E-state index contributed by atoms with van der Waals surface area (Å²) in [5.74, 6) is -1.17. The third kappa shape index (κ3) is 5.19. The minimum atomic E-state index is -0.671. The van der Waals surface area contributed by atoms with Crippen LogP contribution >= 0.6 is 0 Å². The van der Waals surface area contributed by atoms with Gasteiger partial charge in [-0.1, -0.05) is 60.7 Å². The van der Waals surface area contributed by atoms with Crippen LogP contribution in [0.3, 0.4) is 0 Å². The fourth-order valence-corrected chi connectivity index (χ4v) is 3.34. The van der Waals surface area contributed by atoms with E-state index in [1.54, 1.807) is 4.90 Å². The number of hydrogen-bond acceptors (Lipinski definition) is 3. The average Bonchev–Trinajstić information content (AvgIpc) is 3.15. The van der Waals surface area contributed by atoms with E-state index in [-0.39, 0.29) is 5.91 Å². The van der Waals surface area contributed by atoms with Crippen LogP contribution in [-0.4, -0.2) is 42.3 Å². The van der Waals surface area contributed by atoms with Crippen molar-refractivity contribution >= 4 is 17.7 Å². The Morgan fingerprint density at radius 3 is 2.07 bits per heavy atom. The Labute approximate surface area is 164 Å². The van der Waals surface area contributed by atoms with Gasteiger partial charge in [0.1, 0.15) is 0 Å². The topological polar surface area (TPSA) is 78.5 Å². The fourth-order valence-electron chi connectivity index (χ4n) is 3.34. The zero-order valence-electron chi connectivity index (χ0n) is 15.8. The van der Waals surface area contributed by atoms with E-state index < -0.39 is 17.9 Å². The molecule has 0 aliphatic carbocycles. The van der Waals surface area contributed by atoms with Crippen molar-refractivity contribution in [2.45, 2.75) is 25.3 Å². The normalized spacial score (nSPS) is 13.6. The lowest BCUT2D eigenvalue weighted by atomic mass is 9.99. The van der Waals surface area contributed by atoms with Gasteiger partial charge in [-0.3, -0.25) is 14.4 Å². The zero-order valence-corrected chi connectivity index (χ0v) is 15.8. The minimum absolute atomic E-state index is 0.164. The van der Waals surface area contributed by atoms with Gasteiger partial charge in [-0.05, 0) is 24.0 Å². The second-order valence-electron chi connectivity index (χ2n) is 6.82. The van der Waals surface area contributed by atoms with E-state index in [9.17, 15) is 14.4 Å². The number of rotatable bonds is 7. The Balaban J connectivity index is 1.54. The Bertz CT molecular complexity index is 769. The first-order chi connectivity index (χ1) is 13.6. The first-order valence-electron chi connectivity index (χ1n) is 9.61. The molecule has 2 aromatic rings. The molecule has 0 unspecified atom stereocenters. The van der Waals surface area contributed by atoms with Crippen molar-refractivity contribution in [1.29, 1.82) is 0 Å². The highest BCUT2D eigenvalue weighted by Gasteiger charge is 2.22. The SMILES string of the molecule is O=C(NCCCN1CCCC1=O)C(=O)NC(c1ccccc1)c1ccccc1. The third-order valence-electron chi connectivity index (χ3n) is 4.81. The molecule has 2 aromatic carbocycles. The van der Waals surface area contributed by atoms with Crippen molar-refractivity contribution in [1.82, 2.24) is 15.5 Å². The number of hydrogen-bond donors (Lipinski definition) is 2. The Kier molecular flexibility index (Phi) is 6.78. The van der Waals surface area contributed by atoms with Crippen LogP contribution in [0, 0.1) is 0 Å². The van der Waals surface area contributed by atoms with Crippen molar-refractivity contribution < 1.29 is 14.4 Å². The van der Waals surface area contributed by atoms with Gasteiger partial charge in [-0.15, -0.1) is 0 Å². The first kappa shape index (κ1) is 19.6. The second-order valence-corrected chi connectivity index (χ2v) is 6.82. The van der Waals surface area contributed by atoms with Crippen LogP contribution in [0.15, 0.2) is 60.7 Å². The molecule has 1 aliphatic rings. The molecule has 1 fully saturated rings. The lowest BCUT2D eigenvalue weighted by Crippen LogP contribution is -2.42. The van der Waals surface area contributed by atoms with Gasteiger partial charge in [0.2, 0.25) is 5.91 Å². The van der Waals surface area contributed by atoms with Crippen LogP contribution in [0.25, 0.3) is 0 Å². The lowest BCUT2D eigenvalue weighted by molar-refractivity contribution is -0.139. The molecule has 0 atom stereocenters. The molecule has 146 valence electrons. The molecule has 3 amide bonds. The third-order valence-corrected chi connectivity index (χ3v) is 4.81. The molecule has 1 saturated heterocycles. The number of carbonyl (C=O) groups excluding carboxylic acids is 3. The predicted molar refractivity (Wildman–Crippen MR) is 106 cm³/mol. The van der Waals surface area contributed by atoms with Gasteiger partial charge in [-0.25, -0.2) is 0 Å². The predicted octanol–water partition coefficient (Wildman–Crippen LogP) is 2.02. The molecule has 2 N–H and O–H groups in total. The van der Waals surface area contributed by atoms with Crippen LogP contribution in [0.4, 0.5) is 0 Å². The van der Waals surface area contributed by atoms with Gasteiger partial charge in [0.15, 0.2) is 0 Å². The largest absolute Gasteiger partial charge is 0.348 e. The van der Waals surface area contributed by atoms with Crippen molar-refractivity contribution in [3.05, 3.63) is 71.8 Å². The highest BCUT2D eigenvalue weighted by molar-refractivity contribution is 6.35. The van der Waals surface area contributed by atoms with Crippen molar-refractivity contribution in [3.8, 4) is 0 Å². The molecule has 1 heterocycles. The van der Waals surface area contributed by atoms with E-state index in [1.807, 2.05) is 60.7 Å². The standard InChI is InChI=1S/C22H25N3O3/c26-19-13-7-15-25(19)16-8-14-23-21(27)22(28)24-20(17-9-3-1-4-10-17)18-11-5-2-6-12-18/h1-6,9-12,20H,7-8,13-16H2,(H,23,27)(H,24,28). The summed E-state index contributed by atoms with van der Waals surface area (Å²) in [6.45, 7) is 1.75. The van der Waals surface area contributed by atoms with Gasteiger partial charge < -0.3 is 15.5 Å². The quantitative estimate of drug-likeness (QED) is 0.571. The number of nitrogens with zero attached hydrogens (tertiary/aromatic N) is 1. The average molecular weight is 379 g/mol. The lowest BCUT2D eigenvalue weighted by Gasteiger charge is -2.20. The van der Waals surface area contributed by atoms with Gasteiger partial charge in [0, 0.05) is 26.1 Å². The maximum Gasteiger partial charge on any atom is 0.310 e.